The topological polar surface area (TPSA) is 84.2 Å². The molecule has 0 spiro atoms. The largest absolute Gasteiger partial charge is 0.337 e. The van der Waals surface area contributed by atoms with Gasteiger partial charge in [0.2, 0.25) is 0 Å². The molecule has 2 aromatic rings. The number of aromatic nitrogens is 3. The number of pyridine rings is 1. The lowest BCUT2D eigenvalue weighted by Gasteiger charge is -2.14. The van der Waals surface area contributed by atoms with Crippen molar-refractivity contribution in [1.82, 2.24) is 25.3 Å². The highest BCUT2D eigenvalue weighted by molar-refractivity contribution is 5.92. The molecule has 4 rings (SSSR count). The average Bonchev–Trinajstić information content (AvgIpc) is 3.29. The van der Waals surface area contributed by atoms with Crippen LogP contribution in [-0.2, 0) is 0 Å². The van der Waals surface area contributed by atoms with Gasteiger partial charge in [0.1, 0.15) is 11.4 Å². The Morgan fingerprint density at radius 3 is 2.88 bits per heavy atom. The molecule has 2 aliphatic rings. The van der Waals surface area contributed by atoms with E-state index in [4.69, 9.17) is 4.52 Å². The molecule has 2 aliphatic heterocycles. The van der Waals surface area contributed by atoms with E-state index in [9.17, 15) is 4.79 Å². The van der Waals surface area contributed by atoms with Crippen LogP contribution >= 0.6 is 0 Å². The fraction of sp³-hybridized carbons (Fsp3) is 0.556. The minimum absolute atomic E-state index is 0.0236. The number of carbonyl (C=O) groups excluding carboxylic acids is 1. The summed E-state index contributed by atoms with van der Waals surface area (Å²) in [6.45, 7) is 2.60. The maximum absolute atomic E-state index is 12.5. The predicted molar refractivity (Wildman–Crippen MR) is 91.9 cm³/mol. The molecule has 0 saturated carbocycles. The molecule has 0 radical (unpaired) electrons. The van der Waals surface area contributed by atoms with Gasteiger partial charge in [-0.05, 0) is 44.4 Å². The third-order valence-electron chi connectivity index (χ3n) is 4.89. The summed E-state index contributed by atoms with van der Waals surface area (Å²) in [7, 11) is 0. The van der Waals surface area contributed by atoms with Crippen LogP contribution in [-0.4, -0.2) is 45.6 Å². The van der Waals surface area contributed by atoms with E-state index in [1.807, 2.05) is 11.0 Å². The predicted octanol–water partition coefficient (Wildman–Crippen LogP) is 2.57. The molecule has 25 heavy (non-hydrogen) atoms. The molecule has 132 valence electrons. The molecule has 0 aliphatic carbocycles. The van der Waals surface area contributed by atoms with E-state index < -0.39 is 0 Å². The van der Waals surface area contributed by atoms with E-state index in [1.54, 1.807) is 12.1 Å². The Hall–Kier alpha value is -2.28. The molecule has 7 heteroatoms. The lowest BCUT2D eigenvalue weighted by Crippen LogP contribution is -2.28. The zero-order valence-electron chi connectivity index (χ0n) is 14.3. The molecule has 1 atom stereocenters. The summed E-state index contributed by atoms with van der Waals surface area (Å²) in [5.74, 6) is 1.02. The summed E-state index contributed by atoms with van der Waals surface area (Å²) in [6, 6.07) is 5.50. The second kappa shape index (κ2) is 7.31. The van der Waals surface area contributed by atoms with Crippen molar-refractivity contribution in [3.8, 4) is 11.6 Å². The number of amides is 1. The van der Waals surface area contributed by atoms with Crippen molar-refractivity contribution in [2.45, 2.75) is 44.6 Å². The molecule has 7 nitrogen and oxygen atoms in total. The molecule has 1 unspecified atom stereocenters. The van der Waals surface area contributed by atoms with Crippen molar-refractivity contribution >= 4 is 5.91 Å². The molecular formula is C18H23N5O2. The van der Waals surface area contributed by atoms with Crippen molar-refractivity contribution in [2.75, 3.05) is 19.6 Å². The fourth-order valence-electron chi connectivity index (χ4n) is 3.48. The third kappa shape index (κ3) is 3.56. The zero-order valence-corrected chi connectivity index (χ0v) is 14.3. The van der Waals surface area contributed by atoms with E-state index >= 15 is 0 Å². The fourth-order valence-corrected chi connectivity index (χ4v) is 3.48. The van der Waals surface area contributed by atoms with Gasteiger partial charge in [0.05, 0.1) is 6.04 Å². The van der Waals surface area contributed by atoms with E-state index in [-0.39, 0.29) is 11.9 Å². The number of hydrogen-bond acceptors (Lipinski definition) is 6. The highest BCUT2D eigenvalue weighted by atomic mass is 16.5. The monoisotopic (exact) mass is 341 g/mol. The van der Waals surface area contributed by atoms with Crippen molar-refractivity contribution in [2.24, 2.45) is 0 Å². The summed E-state index contributed by atoms with van der Waals surface area (Å²) >= 11 is 0. The Morgan fingerprint density at radius 1 is 1.12 bits per heavy atom. The molecule has 0 bridgehead atoms. The van der Waals surface area contributed by atoms with Crippen LogP contribution in [0.15, 0.2) is 22.7 Å². The molecular weight excluding hydrogens is 318 g/mol. The van der Waals surface area contributed by atoms with Crippen LogP contribution in [0.4, 0.5) is 0 Å². The van der Waals surface area contributed by atoms with E-state index in [1.165, 1.54) is 19.3 Å². The molecule has 0 aromatic carbocycles. The Balaban J connectivity index is 1.53. The number of nitrogens with zero attached hydrogens (tertiary/aromatic N) is 4. The van der Waals surface area contributed by atoms with Crippen LogP contribution in [0, 0.1) is 0 Å². The van der Waals surface area contributed by atoms with E-state index in [0.717, 1.165) is 38.9 Å². The van der Waals surface area contributed by atoms with Crippen LogP contribution < -0.4 is 5.32 Å². The first-order valence-electron chi connectivity index (χ1n) is 9.15. The zero-order chi connectivity index (χ0) is 17.1. The van der Waals surface area contributed by atoms with Gasteiger partial charge in [-0.1, -0.05) is 24.1 Å². The number of carbonyl (C=O) groups is 1. The van der Waals surface area contributed by atoms with Crippen molar-refractivity contribution in [1.29, 1.82) is 0 Å². The minimum atomic E-state index is -0.0236. The van der Waals surface area contributed by atoms with E-state index in [0.29, 0.717) is 23.1 Å². The second-order valence-electron chi connectivity index (χ2n) is 6.72. The minimum Gasteiger partial charge on any atom is -0.337 e. The summed E-state index contributed by atoms with van der Waals surface area (Å²) in [4.78, 5) is 23.3. The molecule has 1 N–H and O–H groups in total. The highest BCUT2D eigenvalue weighted by Crippen LogP contribution is 2.23. The Kier molecular flexibility index (Phi) is 4.74. The smallest absolute Gasteiger partial charge is 0.276 e. The van der Waals surface area contributed by atoms with Gasteiger partial charge >= 0.3 is 0 Å². The maximum atomic E-state index is 12.5. The highest BCUT2D eigenvalue weighted by Gasteiger charge is 2.23. The second-order valence-corrected chi connectivity index (χ2v) is 6.72. The van der Waals surface area contributed by atoms with Crippen LogP contribution in [0.25, 0.3) is 11.6 Å². The molecule has 2 fully saturated rings. The number of likely N-dealkylation sites (tertiary alicyclic amines) is 1. The van der Waals surface area contributed by atoms with Gasteiger partial charge in [-0.25, -0.2) is 4.98 Å². The summed E-state index contributed by atoms with van der Waals surface area (Å²) in [5, 5.41) is 7.59. The van der Waals surface area contributed by atoms with Gasteiger partial charge < -0.3 is 14.7 Å². The first-order chi connectivity index (χ1) is 12.3. The maximum Gasteiger partial charge on any atom is 0.276 e. The van der Waals surface area contributed by atoms with Gasteiger partial charge in [-0.15, -0.1) is 0 Å². The van der Waals surface area contributed by atoms with Gasteiger partial charge in [-0.3, -0.25) is 4.79 Å². The van der Waals surface area contributed by atoms with Gasteiger partial charge in [0.25, 0.3) is 11.8 Å². The molecule has 2 aromatic heterocycles. The van der Waals surface area contributed by atoms with Crippen LogP contribution in [0.2, 0.25) is 0 Å². The van der Waals surface area contributed by atoms with E-state index in [2.05, 4.69) is 20.4 Å². The summed E-state index contributed by atoms with van der Waals surface area (Å²) < 4.78 is 5.42. The molecule has 4 heterocycles. The average molecular weight is 341 g/mol. The Bertz CT molecular complexity index is 731. The Labute approximate surface area is 146 Å². The summed E-state index contributed by atoms with van der Waals surface area (Å²) in [5.41, 5.74) is 0.990. The van der Waals surface area contributed by atoms with Crippen LogP contribution in [0.1, 0.15) is 60.9 Å². The van der Waals surface area contributed by atoms with Crippen molar-refractivity contribution in [3.05, 3.63) is 29.7 Å². The lowest BCUT2D eigenvalue weighted by atomic mass is 10.1. The summed E-state index contributed by atoms with van der Waals surface area (Å²) in [6.07, 6.45) is 6.72. The first kappa shape index (κ1) is 16.2. The number of rotatable bonds is 3. The van der Waals surface area contributed by atoms with Gasteiger partial charge in [0, 0.05) is 13.1 Å². The van der Waals surface area contributed by atoms with Crippen molar-refractivity contribution < 1.29 is 9.32 Å². The number of nitrogens with one attached hydrogen (secondary N) is 1. The molecule has 1 amide bonds. The Morgan fingerprint density at radius 2 is 2.00 bits per heavy atom. The van der Waals surface area contributed by atoms with Gasteiger partial charge in [0.15, 0.2) is 5.82 Å². The SMILES string of the molecule is O=C(c1cccc(-c2nc(C3CCCCCN3)no2)n1)N1CCCC1. The lowest BCUT2D eigenvalue weighted by molar-refractivity contribution is 0.0787. The standard InChI is InChI=1S/C18H23N5O2/c24-18(23-11-4-5-12-23)15-9-6-8-14(20-15)17-21-16(22-25-17)13-7-2-1-3-10-19-13/h6,8-9,13,19H,1-5,7,10-12H2. The van der Waals surface area contributed by atoms with Gasteiger partial charge in [-0.2, -0.15) is 4.98 Å². The quantitative estimate of drug-likeness (QED) is 0.924. The number of hydrogen-bond donors (Lipinski definition) is 1. The van der Waals surface area contributed by atoms with Crippen LogP contribution in [0.3, 0.4) is 0 Å². The van der Waals surface area contributed by atoms with Crippen LogP contribution in [0.5, 0.6) is 0 Å². The third-order valence-corrected chi connectivity index (χ3v) is 4.89. The first-order valence-corrected chi connectivity index (χ1v) is 9.15. The van der Waals surface area contributed by atoms with Crippen molar-refractivity contribution in [3.63, 3.8) is 0 Å². The normalized spacial score (nSPS) is 21.3. The molecule has 2 saturated heterocycles.